The second-order valence-corrected chi connectivity index (χ2v) is 4.58. The molecule has 2 rings (SSSR count). The standard InChI is InChI=1S/C13H13S/c1-11-7-5-6-10-13(11)14-12-8-3-2-4-9-12/h2-6,8,10-11H,7H2,1H3. The molecule has 0 fully saturated rings. The van der Waals surface area contributed by atoms with Crippen molar-refractivity contribution in [2.45, 2.75) is 18.2 Å². The molecule has 1 aromatic carbocycles. The predicted octanol–water partition coefficient (Wildman–Crippen LogP) is 4.06. The van der Waals surface area contributed by atoms with Crippen LogP contribution in [-0.4, -0.2) is 0 Å². The quantitative estimate of drug-likeness (QED) is 0.695. The summed E-state index contributed by atoms with van der Waals surface area (Å²) in [5.74, 6) is 0.651. The van der Waals surface area contributed by atoms with E-state index in [1.807, 2.05) is 23.9 Å². The summed E-state index contributed by atoms with van der Waals surface area (Å²) in [4.78, 5) is 2.65. The Balaban J connectivity index is 2.11. The molecule has 14 heavy (non-hydrogen) atoms. The van der Waals surface area contributed by atoms with Gasteiger partial charge in [-0.15, -0.1) is 0 Å². The highest BCUT2D eigenvalue weighted by molar-refractivity contribution is 8.03. The van der Waals surface area contributed by atoms with E-state index in [1.54, 1.807) is 0 Å². The Hall–Kier alpha value is -0.950. The molecule has 1 atom stereocenters. The van der Waals surface area contributed by atoms with Gasteiger partial charge >= 0.3 is 0 Å². The molecule has 1 heteroatoms. The molecule has 0 nitrogen and oxygen atoms in total. The highest BCUT2D eigenvalue weighted by atomic mass is 32.2. The largest absolute Gasteiger partial charge is 0.0936 e. The van der Waals surface area contributed by atoms with Gasteiger partial charge in [0.05, 0.1) is 0 Å². The zero-order valence-electron chi connectivity index (χ0n) is 8.23. The molecule has 71 valence electrons. The van der Waals surface area contributed by atoms with E-state index in [2.05, 4.69) is 43.4 Å². The Bertz CT molecular complexity index is 349. The van der Waals surface area contributed by atoms with Gasteiger partial charge in [-0.25, -0.2) is 0 Å². The summed E-state index contributed by atoms with van der Waals surface area (Å²) in [5.41, 5.74) is 0. The second-order valence-electron chi connectivity index (χ2n) is 3.46. The van der Waals surface area contributed by atoms with Crippen molar-refractivity contribution in [3.8, 4) is 0 Å². The third kappa shape index (κ3) is 2.30. The van der Waals surface area contributed by atoms with Crippen molar-refractivity contribution in [1.82, 2.24) is 0 Å². The van der Waals surface area contributed by atoms with Crippen LogP contribution in [0.25, 0.3) is 0 Å². The normalized spacial score (nSPS) is 20.6. The van der Waals surface area contributed by atoms with E-state index >= 15 is 0 Å². The van der Waals surface area contributed by atoms with Gasteiger partial charge < -0.3 is 0 Å². The predicted molar refractivity (Wildman–Crippen MR) is 62.1 cm³/mol. The topological polar surface area (TPSA) is 0 Å². The number of allylic oxidation sites excluding steroid dienone is 4. The van der Waals surface area contributed by atoms with Gasteiger partial charge in [0, 0.05) is 4.90 Å². The van der Waals surface area contributed by atoms with Crippen LogP contribution in [0.3, 0.4) is 0 Å². The fraction of sp³-hybridized carbons (Fsp3) is 0.231. The summed E-state index contributed by atoms with van der Waals surface area (Å²) in [6.07, 6.45) is 7.74. The molecule has 1 aromatic rings. The Kier molecular flexibility index (Phi) is 3.10. The van der Waals surface area contributed by atoms with Crippen molar-refractivity contribution < 1.29 is 0 Å². The van der Waals surface area contributed by atoms with Gasteiger partial charge in [-0.2, -0.15) is 0 Å². The van der Waals surface area contributed by atoms with Crippen LogP contribution < -0.4 is 0 Å². The smallest absolute Gasteiger partial charge is 0.0198 e. The summed E-state index contributed by atoms with van der Waals surface area (Å²) < 4.78 is 0. The third-order valence-electron chi connectivity index (χ3n) is 2.28. The highest BCUT2D eigenvalue weighted by Crippen LogP contribution is 2.34. The molecule has 0 amide bonds. The van der Waals surface area contributed by atoms with Crippen LogP contribution in [0.4, 0.5) is 0 Å². The molecule has 1 aliphatic carbocycles. The first kappa shape index (κ1) is 9.60. The minimum atomic E-state index is 0.651. The van der Waals surface area contributed by atoms with Crippen molar-refractivity contribution >= 4 is 11.8 Å². The zero-order valence-corrected chi connectivity index (χ0v) is 9.05. The SMILES string of the molecule is CC1CC=CC=C1Sc1[c]cccc1. The number of hydrogen-bond acceptors (Lipinski definition) is 1. The molecule has 0 saturated carbocycles. The van der Waals surface area contributed by atoms with Crippen LogP contribution in [0.15, 0.2) is 52.3 Å². The fourth-order valence-electron chi connectivity index (χ4n) is 1.43. The molecule has 0 saturated heterocycles. The molecule has 0 aliphatic heterocycles. The summed E-state index contributed by atoms with van der Waals surface area (Å²) in [7, 11) is 0. The molecule has 1 radical (unpaired) electrons. The van der Waals surface area contributed by atoms with Gasteiger partial charge in [-0.05, 0) is 29.4 Å². The van der Waals surface area contributed by atoms with Gasteiger partial charge in [-0.3, -0.25) is 0 Å². The monoisotopic (exact) mass is 201 g/mol. The number of rotatable bonds is 2. The Morgan fingerprint density at radius 3 is 3.07 bits per heavy atom. The van der Waals surface area contributed by atoms with E-state index in [4.69, 9.17) is 0 Å². The molecule has 1 unspecified atom stereocenters. The van der Waals surface area contributed by atoms with Crippen LogP contribution >= 0.6 is 11.8 Å². The third-order valence-corrected chi connectivity index (χ3v) is 3.53. The highest BCUT2D eigenvalue weighted by Gasteiger charge is 2.10. The van der Waals surface area contributed by atoms with Gasteiger partial charge in [0.15, 0.2) is 0 Å². The molecule has 0 bridgehead atoms. The summed E-state index contributed by atoms with van der Waals surface area (Å²) in [5, 5.41) is 0. The number of hydrogen-bond donors (Lipinski definition) is 0. The van der Waals surface area contributed by atoms with E-state index in [0.29, 0.717) is 5.92 Å². The van der Waals surface area contributed by atoms with Gasteiger partial charge in [0.25, 0.3) is 0 Å². The van der Waals surface area contributed by atoms with Crippen molar-refractivity contribution in [1.29, 1.82) is 0 Å². The van der Waals surface area contributed by atoms with Crippen LogP contribution in [0.2, 0.25) is 0 Å². The minimum absolute atomic E-state index is 0.651. The molecular formula is C13H13S. The maximum atomic E-state index is 3.23. The Morgan fingerprint density at radius 1 is 1.43 bits per heavy atom. The van der Waals surface area contributed by atoms with E-state index in [1.165, 1.54) is 9.80 Å². The first-order valence-electron chi connectivity index (χ1n) is 4.87. The first-order chi connectivity index (χ1) is 6.86. The van der Waals surface area contributed by atoms with E-state index in [9.17, 15) is 0 Å². The molecule has 0 aromatic heterocycles. The molecule has 0 N–H and O–H groups in total. The van der Waals surface area contributed by atoms with Gasteiger partial charge in [0.1, 0.15) is 0 Å². The van der Waals surface area contributed by atoms with Crippen molar-refractivity contribution in [3.63, 3.8) is 0 Å². The maximum Gasteiger partial charge on any atom is 0.0198 e. The summed E-state index contributed by atoms with van der Waals surface area (Å²) in [6.45, 7) is 2.27. The number of thioether (sulfide) groups is 1. The van der Waals surface area contributed by atoms with E-state index in [-0.39, 0.29) is 0 Å². The maximum absolute atomic E-state index is 3.23. The Labute approximate surface area is 89.7 Å². The molecule has 0 heterocycles. The van der Waals surface area contributed by atoms with Crippen LogP contribution in [0, 0.1) is 12.0 Å². The first-order valence-corrected chi connectivity index (χ1v) is 5.69. The van der Waals surface area contributed by atoms with Crippen LogP contribution in [0.5, 0.6) is 0 Å². The zero-order chi connectivity index (χ0) is 9.80. The Morgan fingerprint density at radius 2 is 2.36 bits per heavy atom. The minimum Gasteiger partial charge on any atom is -0.0936 e. The average Bonchev–Trinajstić information content (AvgIpc) is 2.23. The van der Waals surface area contributed by atoms with Gasteiger partial charge in [-0.1, -0.05) is 55.1 Å². The number of benzene rings is 1. The summed E-state index contributed by atoms with van der Waals surface area (Å²) in [6, 6.07) is 11.4. The lowest BCUT2D eigenvalue weighted by Gasteiger charge is -2.15. The lowest BCUT2D eigenvalue weighted by molar-refractivity contribution is 0.724. The lowest BCUT2D eigenvalue weighted by Crippen LogP contribution is -1.97. The molecule has 1 aliphatic rings. The van der Waals surface area contributed by atoms with Crippen molar-refractivity contribution in [2.24, 2.45) is 5.92 Å². The van der Waals surface area contributed by atoms with Crippen molar-refractivity contribution in [3.05, 3.63) is 53.5 Å². The van der Waals surface area contributed by atoms with E-state index in [0.717, 1.165) is 6.42 Å². The fourth-order valence-corrected chi connectivity index (χ4v) is 2.40. The average molecular weight is 201 g/mol. The summed E-state index contributed by atoms with van der Waals surface area (Å²) >= 11 is 1.83. The molecule has 0 spiro atoms. The molecular weight excluding hydrogens is 188 g/mol. The van der Waals surface area contributed by atoms with E-state index < -0.39 is 0 Å². The second kappa shape index (κ2) is 4.52. The van der Waals surface area contributed by atoms with Crippen LogP contribution in [-0.2, 0) is 0 Å². The lowest BCUT2D eigenvalue weighted by atomic mass is 10.0. The van der Waals surface area contributed by atoms with Gasteiger partial charge in [0.2, 0.25) is 0 Å². The van der Waals surface area contributed by atoms with Crippen LogP contribution in [0.1, 0.15) is 13.3 Å². The van der Waals surface area contributed by atoms with Crippen molar-refractivity contribution in [2.75, 3.05) is 0 Å².